The summed E-state index contributed by atoms with van der Waals surface area (Å²) in [6.07, 6.45) is -1.10. The highest BCUT2D eigenvalue weighted by molar-refractivity contribution is 5.42. The third-order valence-electron chi connectivity index (χ3n) is 3.15. The molecule has 0 saturated heterocycles. The van der Waals surface area contributed by atoms with Gasteiger partial charge in [-0.2, -0.15) is 0 Å². The lowest BCUT2D eigenvalue weighted by Crippen LogP contribution is -2.24. The Labute approximate surface area is 109 Å². The van der Waals surface area contributed by atoms with Crippen molar-refractivity contribution in [3.05, 3.63) is 28.8 Å². The van der Waals surface area contributed by atoms with E-state index in [1.54, 1.807) is 7.11 Å². The highest BCUT2D eigenvalue weighted by Gasteiger charge is 2.21. The first-order chi connectivity index (χ1) is 8.51. The predicted molar refractivity (Wildman–Crippen MR) is 72.0 cm³/mol. The minimum absolute atomic E-state index is 0.516. The molecule has 3 N–H and O–H groups in total. The van der Waals surface area contributed by atoms with E-state index >= 15 is 0 Å². The Morgan fingerprint density at radius 2 is 1.78 bits per heavy atom. The molecule has 0 aliphatic heterocycles. The van der Waals surface area contributed by atoms with Crippen LogP contribution in [0.4, 0.5) is 0 Å². The summed E-state index contributed by atoms with van der Waals surface area (Å²) < 4.78 is 5.18. The molecule has 2 unspecified atom stereocenters. The van der Waals surface area contributed by atoms with Crippen LogP contribution in [-0.2, 0) is 0 Å². The third-order valence-corrected chi connectivity index (χ3v) is 3.15. The zero-order valence-electron chi connectivity index (χ0n) is 11.5. The van der Waals surface area contributed by atoms with Crippen LogP contribution in [-0.4, -0.2) is 37.0 Å². The summed E-state index contributed by atoms with van der Waals surface area (Å²) in [6, 6.07) is 3.74. The quantitative estimate of drug-likeness (QED) is 0.715. The number of aryl methyl sites for hydroxylation is 2. The van der Waals surface area contributed by atoms with Crippen molar-refractivity contribution in [1.82, 2.24) is 5.32 Å². The van der Waals surface area contributed by atoms with Gasteiger partial charge in [0, 0.05) is 0 Å². The zero-order chi connectivity index (χ0) is 13.7. The molecule has 1 aromatic rings. The topological polar surface area (TPSA) is 61.7 Å². The Kier molecular flexibility index (Phi) is 5.59. The van der Waals surface area contributed by atoms with Crippen molar-refractivity contribution in [1.29, 1.82) is 0 Å². The van der Waals surface area contributed by atoms with Crippen LogP contribution < -0.4 is 10.1 Å². The molecule has 0 aliphatic carbocycles. The number of hydrogen-bond acceptors (Lipinski definition) is 4. The summed E-state index contributed by atoms with van der Waals surface area (Å²) in [5.41, 5.74) is 2.66. The summed E-state index contributed by atoms with van der Waals surface area (Å²) in [7, 11) is 3.44. The van der Waals surface area contributed by atoms with Gasteiger partial charge in [0.05, 0.1) is 13.2 Å². The van der Waals surface area contributed by atoms with Crippen LogP contribution in [0.1, 0.15) is 29.2 Å². The SMILES string of the molecule is CNCCC(O)C(O)c1c(C)cc(OC)cc1C. The van der Waals surface area contributed by atoms with Crippen molar-refractivity contribution < 1.29 is 14.9 Å². The standard InChI is InChI=1S/C14H23NO3/c1-9-7-11(18-4)8-10(2)13(9)14(17)12(16)5-6-15-3/h7-8,12,14-17H,5-6H2,1-4H3. The van der Waals surface area contributed by atoms with Gasteiger partial charge >= 0.3 is 0 Å². The molecular formula is C14H23NO3. The van der Waals surface area contributed by atoms with E-state index < -0.39 is 12.2 Å². The van der Waals surface area contributed by atoms with Gasteiger partial charge in [-0.25, -0.2) is 0 Å². The second kappa shape index (κ2) is 6.73. The third kappa shape index (κ3) is 3.45. The summed E-state index contributed by atoms with van der Waals surface area (Å²) in [4.78, 5) is 0. The maximum atomic E-state index is 10.2. The van der Waals surface area contributed by atoms with Gasteiger partial charge in [0.2, 0.25) is 0 Å². The molecule has 4 heteroatoms. The van der Waals surface area contributed by atoms with Crippen LogP contribution >= 0.6 is 0 Å². The Morgan fingerprint density at radius 3 is 2.22 bits per heavy atom. The van der Waals surface area contributed by atoms with Crippen molar-refractivity contribution in [2.24, 2.45) is 0 Å². The van der Waals surface area contributed by atoms with Crippen molar-refractivity contribution >= 4 is 0 Å². The fourth-order valence-corrected chi connectivity index (χ4v) is 2.16. The lowest BCUT2D eigenvalue weighted by molar-refractivity contribution is 0.0133. The highest BCUT2D eigenvalue weighted by Crippen LogP contribution is 2.29. The van der Waals surface area contributed by atoms with E-state index in [4.69, 9.17) is 4.74 Å². The first-order valence-corrected chi connectivity index (χ1v) is 6.17. The smallest absolute Gasteiger partial charge is 0.119 e. The minimum atomic E-state index is -0.857. The van der Waals surface area contributed by atoms with Gasteiger partial charge in [0.15, 0.2) is 0 Å². The lowest BCUT2D eigenvalue weighted by Gasteiger charge is -2.22. The number of nitrogens with one attached hydrogen (secondary N) is 1. The molecular weight excluding hydrogens is 230 g/mol. The second-order valence-electron chi connectivity index (χ2n) is 4.58. The Balaban J connectivity index is 2.94. The molecule has 0 spiro atoms. The molecule has 0 fully saturated rings. The second-order valence-corrected chi connectivity index (χ2v) is 4.58. The van der Waals surface area contributed by atoms with Gasteiger partial charge in [-0.1, -0.05) is 0 Å². The fourth-order valence-electron chi connectivity index (χ4n) is 2.16. The molecule has 1 aromatic carbocycles. The van der Waals surface area contributed by atoms with Gasteiger partial charge in [0.1, 0.15) is 11.9 Å². The molecule has 0 saturated carbocycles. The monoisotopic (exact) mass is 253 g/mol. The number of rotatable bonds is 6. The number of aliphatic hydroxyl groups is 2. The van der Waals surface area contributed by atoms with Gasteiger partial charge < -0.3 is 20.3 Å². The zero-order valence-corrected chi connectivity index (χ0v) is 11.5. The number of ether oxygens (including phenoxy) is 1. The number of hydrogen-bond donors (Lipinski definition) is 3. The first-order valence-electron chi connectivity index (χ1n) is 6.17. The predicted octanol–water partition coefficient (Wildman–Crippen LogP) is 1.32. The van der Waals surface area contributed by atoms with E-state index in [9.17, 15) is 10.2 Å². The van der Waals surface area contributed by atoms with E-state index in [0.717, 1.165) is 22.4 Å². The van der Waals surface area contributed by atoms with Crippen LogP contribution in [0.3, 0.4) is 0 Å². The summed E-state index contributed by atoms with van der Waals surface area (Å²) in [6.45, 7) is 4.50. The van der Waals surface area contributed by atoms with Gasteiger partial charge in [-0.05, 0) is 62.7 Å². The number of benzene rings is 1. The molecule has 102 valence electrons. The molecule has 2 atom stereocenters. The Bertz CT molecular complexity index is 370. The van der Waals surface area contributed by atoms with Gasteiger partial charge in [0.25, 0.3) is 0 Å². The maximum Gasteiger partial charge on any atom is 0.119 e. The van der Waals surface area contributed by atoms with E-state index in [-0.39, 0.29) is 0 Å². The average molecular weight is 253 g/mol. The molecule has 1 rings (SSSR count). The van der Waals surface area contributed by atoms with Crippen molar-refractivity contribution in [2.45, 2.75) is 32.5 Å². The van der Waals surface area contributed by atoms with Crippen LogP contribution in [0.15, 0.2) is 12.1 Å². The Hall–Kier alpha value is -1.10. The van der Waals surface area contributed by atoms with E-state index in [1.165, 1.54) is 0 Å². The van der Waals surface area contributed by atoms with Crippen molar-refractivity contribution in [3.8, 4) is 5.75 Å². The molecule has 4 nitrogen and oxygen atoms in total. The largest absolute Gasteiger partial charge is 0.497 e. The Morgan fingerprint density at radius 1 is 1.22 bits per heavy atom. The first kappa shape index (κ1) is 15.0. The molecule has 0 amide bonds. The van der Waals surface area contributed by atoms with Gasteiger partial charge in [-0.15, -0.1) is 0 Å². The summed E-state index contributed by atoms with van der Waals surface area (Å²) >= 11 is 0. The summed E-state index contributed by atoms with van der Waals surface area (Å²) in [5, 5.41) is 23.1. The van der Waals surface area contributed by atoms with E-state index in [2.05, 4.69) is 5.32 Å². The molecule has 0 aliphatic rings. The van der Waals surface area contributed by atoms with Crippen LogP contribution in [0.5, 0.6) is 5.75 Å². The van der Waals surface area contributed by atoms with Crippen molar-refractivity contribution in [2.75, 3.05) is 20.7 Å². The number of methoxy groups -OCH3 is 1. The van der Waals surface area contributed by atoms with E-state index in [1.807, 2.05) is 33.0 Å². The normalized spacial score (nSPS) is 14.3. The van der Waals surface area contributed by atoms with E-state index in [0.29, 0.717) is 13.0 Å². The molecule has 0 aromatic heterocycles. The molecule has 0 radical (unpaired) electrons. The maximum absolute atomic E-state index is 10.2. The van der Waals surface area contributed by atoms with Crippen LogP contribution in [0, 0.1) is 13.8 Å². The van der Waals surface area contributed by atoms with Crippen LogP contribution in [0.2, 0.25) is 0 Å². The number of aliphatic hydroxyl groups excluding tert-OH is 2. The average Bonchev–Trinajstić information content (AvgIpc) is 2.34. The molecule has 0 bridgehead atoms. The molecule has 0 heterocycles. The highest BCUT2D eigenvalue weighted by atomic mass is 16.5. The minimum Gasteiger partial charge on any atom is -0.497 e. The fraction of sp³-hybridized carbons (Fsp3) is 0.571. The van der Waals surface area contributed by atoms with Crippen LogP contribution in [0.25, 0.3) is 0 Å². The summed E-state index contributed by atoms with van der Waals surface area (Å²) in [5.74, 6) is 0.769. The molecule has 18 heavy (non-hydrogen) atoms. The van der Waals surface area contributed by atoms with Gasteiger partial charge in [-0.3, -0.25) is 0 Å². The van der Waals surface area contributed by atoms with Crippen molar-refractivity contribution in [3.63, 3.8) is 0 Å². The lowest BCUT2D eigenvalue weighted by atomic mass is 9.93.